The minimum absolute atomic E-state index is 0.185. The molecule has 21 heavy (non-hydrogen) atoms. The number of urea groups is 1. The summed E-state index contributed by atoms with van der Waals surface area (Å²) in [6.07, 6.45) is 0.242. The van der Waals surface area contributed by atoms with Crippen molar-refractivity contribution in [1.82, 2.24) is 10.6 Å². The van der Waals surface area contributed by atoms with Crippen molar-refractivity contribution in [2.75, 3.05) is 13.7 Å². The maximum absolute atomic E-state index is 13.3. The molecular formula is C15H23FN2O3. The summed E-state index contributed by atoms with van der Waals surface area (Å²) in [6, 6.07) is 3.97. The molecule has 0 radical (unpaired) electrons. The molecule has 0 spiro atoms. The Balaban J connectivity index is 2.37. The lowest BCUT2D eigenvalue weighted by Crippen LogP contribution is -2.37. The summed E-state index contributed by atoms with van der Waals surface area (Å²) in [5.41, 5.74) is 0.624. The number of aliphatic hydroxyl groups is 1. The maximum Gasteiger partial charge on any atom is 0.315 e. The summed E-state index contributed by atoms with van der Waals surface area (Å²) in [5.74, 6) is 0.194. The Morgan fingerprint density at radius 1 is 1.33 bits per heavy atom. The van der Waals surface area contributed by atoms with Gasteiger partial charge >= 0.3 is 6.03 Å². The van der Waals surface area contributed by atoms with Gasteiger partial charge < -0.3 is 20.5 Å². The van der Waals surface area contributed by atoms with Gasteiger partial charge in [-0.15, -0.1) is 0 Å². The first-order chi connectivity index (χ1) is 9.90. The van der Waals surface area contributed by atoms with Crippen LogP contribution in [0.25, 0.3) is 0 Å². The van der Waals surface area contributed by atoms with Gasteiger partial charge in [-0.1, -0.05) is 6.92 Å². The standard InChI is InChI=1S/C15H23FN2O3/c1-10(4-11(2)19)8-17-15(20)18-9-12-5-13(16)7-14(6-12)21-3/h5-7,10-11,19H,4,8-9H2,1-3H3,(H2,17,18,20). The van der Waals surface area contributed by atoms with E-state index in [0.717, 1.165) is 0 Å². The van der Waals surface area contributed by atoms with Crippen molar-refractivity contribution in [3.8, 4) is 5.75 Å². The van der Waals surface area contributed by atoms with E-state index >= 15 is 0 Å². The lowest BCUT2D eigenvalue weighted by Gasteiger charge is -2.14. The Kier molecular flexibility index (Phi) is 6.94. The minimum Gasteiger partial charge on any atom is -0.497 e. The van der Waals surface area contributed by atoms with Crippen LogP contribution in [-0.4, -0.2) is 30.9 Å². The highest BCUT2D eigenvalue weighted by molar-refractivity contribution is 5.73. The van der Waals surface area contributed by atoms with E-state index in [1.165, 1.54) is 19.2 Å². The van der Waals surface area contributed by atoms with E-state index in [1.807, 2.05) is 6.92 Å². The lowest BCUT2D eigenvalue weighted by molar-refractivity contribution is 0.163. The molecule has 2 atom stereocenters. The molecule has 0 heterocycles. The van der Waals surface area contributed by atoms with E-state index in [9.17, 15) is 14.3 Å². The van der Waals surface area contributed by atoms with Crippen molar-refractivity contribution in [3.63, 3.8) is 0 Å². The molecule has 0 aliphatic rings. The Hall–Kier alpha value is -1.82. The quantitative estimate of drug-likeness (QED) is 0.721. The summed E-state index contributed by atoms with van der Waals surface area (Å²) in [4.78, 5) is 11.6. The first-order valence-electron chi connectivity index (χ1n) is 6.94. The van der Waals surface area contributed by atoms with Crippen LogP contribution < -0.4 is 15.4 Å². The summed E-state index contributed by atoms with van der Waals surface area (Å²) >= 11 is 0. The van der Waals surface area contributed by atoms with Crippen LogP contribution in [0.3, 0.4) is 0 Å². The monoisotopic (exact) mass is 298 g/mol. The molecule has 118 valence electrons. The lowest BCUT2D eigenvalue weighted by atomic mass is 10.1. The molecule has 1 aromatic carbocycles. The molecule has 0 bridgehead atoms. The number of nitrogens with one attached hydrogen (secondary N) is 2. The minimum atomic E-state index is -0.405. The zero-order valence-electron chi connectivity index (χ0n) is 12.6. The predicted molar refractivity (Wildman–Crippen MR) is 78.7 cm³/mol. The summed E-state index contributed by atoms with van der Waals surface area (Å²) in [6.45, 7) is 4.35. The predicted octanol–water partition coefficient (Wildman–Crippen LogP) is 2.04. The molecule has 0 fully saturated rings. The zero-order valence-corrected chi connectivity index (χ0v) is 12.6. The number of hydrogen-bond donors (Lipinski definition) is 3. The third-order valence-corrected chi connectivity index (χ3v) is 2.97. The van der Waals surface area contributed by atoms with Crippen molar-refractivity contribution in [1.29, 1.82) is 0 Å². The molecule has 0 aliphatic carbocycles. The van der Waals surface area contributed by atoms with Crippen molar-refractivity contribution >= 4 is 6.03 Å². The van der Waals surface area contributed by atoms with Gasteiger partial charge in [0.15, 0.2) is 0 Å². The van der Waals surface area contributed by atoms with Gasteiger partial charge in [-0.05, 0) is 37.0 Å². The molecular weight excluding hydrogens is 275 g/mol. The summed E-state index contributed by atoms with van der Waals surface area (Å²) in [5, 5.41) is 14.6. The fraction of sp³-hybridized carbons (Fsp3) is 0.533. The van der Waals surface area contributed by atoms with Crippen LogP contribution in [0.4, 0.5) is 9.18 Å². The van der Waals surface area contributed by atoms with Crippen LogP contribution >= 0.6 is 0 Å². The van der Waals surface area contributed by atoms with E-state index in [-0.39, 0.29) is 24.6 Å². The van der Waals surface area contributed by atoms with E-state index in [2.05, 4.69) is 10.6 Å². The SMILES string of the molecule is COc1cc(F)cc(CNC(=O)NCC(C)CC(C)O)c1. The third-order valence-electron chi connectivity index (χ3n) is 2.97. The van der Waals surface area contributed by atoms with Crippen LogP contribution in [0.15, 0.2) is 18.2 Å². The molecule has 0 saturated heterocycles. The Morgan fingerprint density at radius 3 is 2.67 bits per heavy atom. The molecule has 2 unspecified atom stereocenters. The highest BCUT2D eigenvalue weighted by atomic mass is 19.1. The van der Waals surface area contributed by atoms with E-state index in [4.69, 9.17) is 4.74 Å². The van der Waals surface area contributed by atoms with E-state index in [1.54, 1.807) is 13.0 Å². The second kappa shape index (κ2) is 8.46. The van der Waals surface area contributed by atoms with Crippen LogP contribution in [-0.2, 0) is 6.54 Å². The van der Waals surface area contributed by atoms with Crippen molar-refractivity contribution in [2.45, 2.75) is 32.9 Å². The number of carbonyl (C=O) groups is 1. The Labute approximate surface area is 124 Å². The number of amides is 2. The van der Waals surface area contributed by atoms with Gasteiger partial charge in [0.1, 0.15) is 11.6 Å². The molecule has 1 rings (SSSR count). The fourth-order valence-electron chi connectivity index (χ4n) is 2.02. The van der Waals surface area contributed by atoms with Gasteiger partial charge in [-0.3, -0.25) is 0 Å². The number of aliphatic hydroxyl groups excluding tert-OH is 1. The van der Waals surface area contributed by atoms with Gasteiger partial charge in [0.2, 0.25) is 0 Å². The fourth-order valence-corrected chi connectivity index (χ4v) is 2.02. The van der Waals surface area contributed by atoms with Crippen LogP contribution in [0, 0.1) is 11.7 Å². The smallest absolute Gasteiger partial charge is 0.315 e. The second-order valence-corrected chi connectivity index (χ2v) is 5.25. The second-order valence-electron chi connectivity index (χ2n) is 5.25. The van der Waals surface area contributed by atoms with Gasteiger partial charge in [-0.2, -0.15) is 0 Å². The molecule has 2 amide bonds. The number of halogens is 1. The zero-order chi connectivity index (χ0) is 15.8. The molecule has 6 heteroatoms. The number of hydrogen-bond acceptors (Lipinski definition) is 3. The van der Waals surface area contributed by atoms with Crippen molar-refractivity contribution < 1.29 is 19.0 Å². The molecule has 3 N–H and O–H groups in total. The largest absolute Gasteiger partial charge is 0.497 e. The highest BCUT2D eigenvalue weighted by Crippen LogP contribution is 2.15. The first kappa shape index (κ1) is 17.2. The number of benzene rings is 1. The van der Waals surface area contributed by atoms with E-state index in [0.29, 0.717) is 24.3 Å². The average molecular weight is 298 g/mol. The number of rotatable bonds is 7. The molecule has 0 aliphatic heterocycles. The number of ether oxygens (including phenoxy) is 1. The Bertz CT molecular complexity index is 466. The maximum atomic E-state index is 13.3. The van der Waals surface area contributed by atoms with Gasteiger partial charge in [0.05, 0.1) is 13.2 Å². The van der Waals surface area contributed by atoms with E-state index < -0.39 is 5.82 Å². The van der Waals surface area contributed by atoms with Gasteiger partial charge in [-0.25, -0.2) is 9.18 Å². The average Bonchev–Trinajstić information content (AvgIpc) is 2.41. The molecule has 0 saturated carbocycles. The van der Waals surface area contributed by atoms with Crippen LogP contribution in [0.5, 0.6) is 5.75 Å². The summed E-state index contributed by atoms with van der Waals surface area (Å²) < 4.78 is 18.2. The topological polar surface area (TPSA) is 70.6 Å². The van der Waals surface area contributed by atoms with Crippen LogP contribution in [0.1, 0.15) is 25.8 Å². The van der Waals surface area contributed by atoms with Gasteiger partial charge in [0.25, 0.3) is 0 Å². The third kappa shape index (κ3) is 6.94. The van der Waals surface area contributed by atoms with Crippen LogP contribution in [0.2, 0.25) is 0 Å². The molecule has 5 nitrogen and oxygen atoms in total. The first-order valence-corrected chi connectivity index (χ1v) is 6.94. The number of methoxy groups -OCH3 is 1. The highest BCUT2D eigenvalue weighted by Gasteiger charge is 2.08. The molecule has 0 aromatic heterocycles. The van der Waals surface area contributed by atoms with Gasteiger partial charge in [0, 0.05) is 19.2 Å². The Morgan fingerprint density at radius 2 is 2.05 bits per heavy atom. The normalized spacial score (nSPS) is 13.4. The van der Waals surface area contributed by atoms with Crippen molar-refractivity contribution in [2.24, 2.45) is 5.92 Å². The molecule has 1 aromatic rings. The van der Waals surface area contributed by atoms with Crippen molar-refractivity contribution in [3.05, 3.63) is 29.6 Å². The number of carbonyl (C=O) groups excluding carboxylic acids is 1. The summed E-state index contributed by atoms with van der Waals surface area (Å²) in [7, 11) is 1.46.